The maximum atomic E-state index is 13.5. The van der Waals surface area contributed by atoms with Gasteiger partial charge in [0, 0.05) is 69.0 Å². The minimum atomic E-state index is -2.57. The van der Waals surface area contributed by atoms with Crippen molar-refractivity contribution in [3.63, 3.8) is 0 Å². The molecule has 2 fully saturated rings. The predicted octanol–water partition coefficient (Wildman–Crippen LogP) is 2.85. The highest BCUT2D eigenvalue weighted by Crippen LogP contribution is 2.34. The predicted molar refractivity (Wildman–Crippen MR) is 113 cm³/mol. The van der Waals surface area contributed by atoms with E-state index >= 15 is 0 Å². The molecule has 164 valence electrons. The fourth-order valence-corrected chi connectivity index (χ4v) is 3.95. The Morgan fingerprint density at radius 3 is 2.57 bits per heavy atom. The molecule has 5 N–H and O–H groups in total. The van der Waals surface area contributed by atoms with Crippen molar-refractivity contribution in [1.29, 1.82) is 5.41 Å². The van der Waals surface area contributed by atoms with Gasteiger partial charge in [-0.05, 0) is 26.2 Å². The summed E-state index contributed by atoms with van der Waals surface area (Å²) in [7, 11) is 1.79. The van der Waals surface area contributed by atoms with Crippen molar-refractivity contribution in [2.75, 3.05) is 24.2 Å². The van der Waals surface area contributed by atoms with Crippen molar-refractivity contribution in [3.8, 4) is 0 Å². The minimum Gasteiger partial charge on any atom is -0.373 e. The zero-order valence-corrected chi connectivity index (χ0v) is 17.8. The number of alkyl halides is 2. The first-order valence-corrected chi connectivity index (χ1v) is 10.4. The van der Waals surface area contributed by atoms with Gasteiger partial charge < -0.3 is 20.9 Å². The average molecular weight is 422 g/mol. The van der Waals surface area contributed by atoms with Crippen LogP contribution in [0.15, 0.2) is 23.9 Å². The molecule has 1 aromatic rings. The Labute approximate surface area is 175 Å². The molecule has 2 aliphatic rings. The van der Waals surface area contributed by atoms with E-state index in [2.05, 4.69) is 15.6 Å². The van der Waals surface area contributed by atoms with Gasteiger partial charge in [0.25, 0.3) is 0 Å². The third-order valence-corrected chi connectivity index (χ3v) is 5.50. The van der Waals surface area contributed by atoms with Gasteiger partial charge in [0.2, 0.25) is 17.6 Å². The molecule has 9 heteroatoms. The van der Waals surface area contributed by atoms with E-state index in [-0.39, 0.29) is 30.8 Å². The molecule has 1 aromatic heterocycles. The normalized spacial score (nSPS) is 22.3. The number of pyridine rings is 1. The third-order valence-electron chi connectivity index (χ3n) is 5.50. The van der Waals surface area contributed by atoms with E-state index in [1.54, 1.807) is 24.9 Å². The van der Waals surface area contributed by atoms with E-state index in [0.29, 0.717) is 36.7 Å². The second-order valence-corrected chi connectivity index (χ2v) is 8.40. The summed E-state index contributed by atoms with van der Waals surface area (Å²) < 4.78 is 26.9. The zero-order valence-electron chi connectivity index (χ0n) is 17.8. The van der Waals surface area contributed by atoms with E-state index in [1.165, 1.54) is 0 Å². The lowest BCUT2D eigenvalue weighted by Gasteiger charge is -2.29. The van der Waals surface area contributed by atoms with Gasteiger partial charge in [-0.3, -0.25) is 10.1 Å². The number of nitrogens with zero attached hydrogens (tertiary/aromatic N) is 2. The molecule has 1 aliphatic heterocycles. The fourth-order valence-electron chi connectivity index (χ4n) is 3.95. The Balaban J connectivity index is 1.78. The van der Waals surface area contributed by atoms with Crippen molar-refractivity contribution < 1.29 is 18.9 Å². The SMILES string of the molecule is CC(=N)C=C(C)[NH2+]c1cc(NC2CCN(C)C2=O)cc(NC2CCC(F)(F)CC2)n1. The number of halogens is 2. The molecule has 1 saturated heterocycles. The van der Waals surface area contributed by atoms with Gasteiger partial charge in [-0.1, -0.05) is 0 Å². The summed E-state index contributed by atoms with van der Waals surface area (Å²) in [6.07, 6.45) is 3.01. The molecule has 1 amide bonds. The second-order valence-electron chi connectivity index (χ2n) is 8.40. The van der Waals surface area contributed by atoms with Gasteiger partial charge in [0.15, 0.2) is 0 Å². The number of rotatable bonds is 7. The highest BCUT2D eigenvalue weighted by Gasteiger charge is 2.35. The summed E-state index contributed by atoms with van der Waals surface area (Å²) in [5.74, 6) is -1.25. The number of carbonyl (C=O) groups excluding carboxylic acids is 1. The van der Waals surface area contributed by atoms with Crippen LogP contribution in [0.5, 0.6) is 0 Å². The molecule has 0 radical (unpaired) electrons. The van der Waals surface area contributed by atoms with Crippen LogP contribution in [0.1, 0.15) is 46.0 Å². The molecule has 2 heterocycles. The minimum absolute atomic E-state index is 0.0527. The zero-order chi connectivity index (χ0) is 21.9. The first-order chi connectivity index (χ1) is 14.1. The van der Waals surface area contributed by atoms with Crippen LogP contribution in [0, 0.1) is 5.41 Å². The van der Waals surface area contributed by atoms with E-state index in [0.717, 1.165) is 17.8 Å². The third kappa shape index (κ3) is 5.98. The lowest BCUT2D eigenvalue weighted by atomic mass is 9.92. The molecule has 0 aromatic carbocycles. The van der Waals surface area contributed by atoms with Crippen LogP contribution in [0.4, 0.5) is 26.1 Å². The van der Waals surface area contributed by atoms with Crippen molar-refractivity contribution in [3.05, 3.63) is 23.9 Å². The number of likely N-dealkylation sites (N-methyl/N-ethyl adjacent to an activating group) is 1. The van der Waals surface area contributed by atoms with Crippen molar-refractivity contribution >= 4 is 28.9 Å². The van der Waals surface area contributed by atoms with Gasteiger partial charge in [-0.15, -0.1) is 0 Å². The number of carbonyl (C=O) groups is 1. The van der Waals surface area contributed by atoms with Crippen LogP contribution in [-0.2, 0) is 4.79 Å². The maximum absolute atomic E-state index is 13.5. The van der Waals surface area contributed by atoms with E-state index in [4.69, 9.17) is 5.41 Å². The van der Waals surface area contributed by atoms with Gasteiger partial charge in [-0.25, -0.2) is 8.78 Å². The standard InChI is InChI=1S/C21H30F2N6O/c1-13(24)10-14(2)25-18-11-16(26-17-6-9-29(3)20(17)30)12-19(28-18)27-15-4-7-21(22,23)8-5-15/h10-12,15,17,24H,4-9H2,1-3H3,(H3,25,26,27,28)/p+1. The molecule has 7 nitrogen and oxygen atoms in total. The topological polar surface area (TPSA) is 97.7 Å². The first-order valence-electron chi connectivity index (χ1n) is 10.4. The van der Waals surface area contributed by atoms with Gasteiger partial charge in [0.05, 0.1) is 0 Å². The average Bonchev–Trinajstić information content (AvgIpc) is 2.95. The maximum Gasteiger partial charge on any atom is 0.248 e. The smallest absolute Gasteiger partial charge is 0.248 e. The number of aromatic nitrogens is 1. The van der Waals surface area contributed by atoms with Crippen LogP contribution in [0.25, 0.3) is 0 Å². The number of amides is 1. The number of likely N-dealkylation sites (tertiary alicyclic amines) is 1. The van der Waals surface area contributed by atoms with E-state index in [1.807, 2.05) is 24.4 Å². The van der Waals surface area contributed by atoms with E-state index < -0.39 is 5.92 Å². The number of hydrogen-bond acceptors (Lipinski definition) is 5. The Bertz CT molecular complexity index is 831. The molecule has 0 spiro atoms. The quantitative estimate of drug-likeness (QED) is 0.509. The monoisotopic (exact) mass is 421 g/mol. The van der Waals surface area contributed by atoms with Crippen molar-refractivity contribution in [2.45, 2.75) is 64.0 Å². The summed E-state index contributed by atoms with van der Waals surface area (Å²) >= 11 is 0. The lowest BCUT2D eigenvalue weighted by Crippen LogP contribution is -2.75. The summed E-state index contributed by atoms with van der Waals surface area (Å²) in [6, 6.07) is 3.35. The summed E-state index contributed by atoms with van der Waals surface area (Å²) in [5.41, 5.74) is 2.08. The van der Waals surface area contributed by atoms with E-state index in [9.17, 15) is 13.6 Å². The molecule has 3 rings (SSSR count). The Hall–Kier alpha value is -2.55. The van der Waals surface area contributed by atoms with Crippen LogP contribution in [-0.4, -0.2) is 53.1 Å². The number of anilines is 2. The Kier molecular flexibility index (Phi) is 6.70. The van der Waals surface area contributed by atoms with Crippen LogP contribution in [0.3, 0.4) is 0 Å². The molecule has 0 bridgehead atoms. The molecule has 30 heavy (non-hydrogen) atoms. The van der Waals surface area contributed by atoms with Gasteiger partial charge >= 0.3 is 0 Å². The first kappa shape index (κ1) is 22.1. The largest absolute Gasteiger partial charge is 0.373 e. The number of allylic oxidation sites excluding steroid dienone is 2. The molecular weight excluding hydrogens is 390 g/mol. The summed E-state index contributed by atoms with van der Waals surface area (Å²) in [5, 5.41) is 16.1. The number of nitrogens with one attached hydrogen (secondary N) is 3. The van der Waals surface area contributed by atoms with Crippen LogP contribution >= 0.6 is 0 Å². The fraction of sp³-hybridized carbons (Fsp3) is 0.571. The second kappa shape index (κ2) is 9.07. The molecule has 1 saturated carbocycles. The molecular formula is C21H31F2N6O+. The highest BCUT2D eigenvalue weighted by atomic mass is 19.3. The lowest BCUT2D eigenvalue weighted by molar-refractivity contribution is -0.521. The highest BCUT2D eigenvalue weighted by molar-refractivity contribution is 5.90. The van der Waals surface area contributed by atoms with Gasteiger partial charge in [0.1, 0.15) is 17.6 Å². The number of quaternary nitrogens is 1. The molecule has 1 unspecified atom stereocenters. The molecule has 1 atom stereocenters. The van der Waals surface area contributed by atoms with Gasteiger partial charge in [-0.2, -0.15) is 4.98 Å². The number of nitrogens with two attached hydrogens (primary N) is 1. The molecule has 1 aliphatic carbocycles. The summed E-state index contributed by atoms with van der Waals surface area (Å²) in [4.78, 5) is 18.6. The Morgan fingerprint density at radius 1 is 1.27 bits per heavy atom. The summed E-state index contributed by atoms with van der Waals surface area (Å²) in [6.45, 7) is 4.31. The number of hydrogen-bond donors (Lipinski definition) is 4. The van der Waals surface area contributed by atoms with Crippen molar-refractivity contribution in [2.24, 2.45) is 0 Å². The Morgan fingerprint density at radius 2 is 1.97 bits per heavy atom. The van der Waals surface area contributed by atoms with Crippen LogP contribution in [0.2, 0.25) is 0 Å². The van der Waals surface area contributed by atoms with Crippen LogP contribution < -0.4 is 16.0 Å². The van der Waals surface area contributed by atoms with Crippen molar-refractivity contribution in [1.82, 2.24) is 9.88 Å².